The van der Waals surface area contributed by atoms with Crippen molar-refractivity contribution >= 4 is 12.0 Å². The second kappa shape index (κ2) is 4.05. The monoisotopic (exact) mass is 205 g/mol. The topological polar surface area (TPSA) is 20.3 Å². The third-order valence-corrected chi connectivity index (χ3v) is 2.72. The van der Waals surface area contributed by atoms with Crippen molar-refractivity contribution in [2.75, 3.05) is 11.9 Å². The number of hydrogen-bond acceptors (Lipinski definition) is 2. The first-order chi connectivity index (χ1) is 6.86. The summed E-state index contributed by atoms with van der Waals surface area (Å²) in [6.07, 6.45) is 0.883. The standard InChI is InChI=1S/C13H19NO/c1-10-8-11(9-15)6-7-12(10)14(5)13(2,3)4/h6-9H,1-5H3. The zero-order valence-electron chi connectivity index (χ0n) is 10.2. The Kier molecular flexibility index (Phi) is 3.18. The number of anilines is 1. The summed E-state index contributed by atoms with van der Waals surface area (Å²) in [5.74, 6) is 0. The van der Waals surface area contributed by atoms with Crippen LogP contribution in [0.4, 0.5) is 5.69 Å². The van der Waals surface area contributed by atoms with Gasteiger partial charge in [0.2, 0.25) is 0 Å². The van der Waals surface area contributed by atoms with Gasteiger partial charge in [0.25, 0.3) is 0 Å². The molecule has 1 aromatic rings. The molecule has 0 unspecified atom stereocenters. The van der Waals surface area contributed by atoms with Crippen molar-refractivity contribution in [3.8, 4) is 0 Å². The molecule has 15 heavy (non-hydrogen) atoms. The largest absolute Gasteiger partial charge is 0.370 e. The van der Waals surface area contributed by atoms with Crippen LogP contribution in [0.3, 0.4) is 0 Å². The van der Waals surface area contributed by atoms with Gasteiger partial charge < -0.3 is 4.90 Å². The number of rotatable bonds is 2. The van der Waals surface area contributed by atoms with Crippen molar-refractivity contribution in [3.63, 3.8) is 0 Å². The molecule has 0 amide bonds. The van der Waals surface area contributed by atoms with Gasteiger partial charge in [0.1, 0.15) is 6.29 Å². The molecule has 82 valence electrons. The molecule has 0 saturated heterocycles. The molecular weight excluding hydrogens is 186 g/mol. The van der Waals surface area contributed by atoms with Gasteiger partial charge in [-0.05, 0) is 51.5 Å². The van der Waals surface area contributed by atoms with E-state index >= 15 is 0 Å². The molecule has 0 saturated carbocycles. The molecule has 0 aliphatic heterocycles. The molecule has 0 aromatic heterocycles. The molecule has 0 atom stereocenters. The Bertz CT molecular complexity index is 363. The summed E-state index contributed by atoms with van der Waals surface area (Å²) in [6, 6.07) is 5.78. The summed E-state index contributed by atoms with van der Waals surface area (Å²) < 4.78 is 0. The fourth-order valence-corrected chi connectivity index (χ4v) is 1.49. The van der Waals surface area contributed by atoms with Crippen molar-refractivity contribution in [2.24, 2.45) is 0 Å². The Morgan fingerprint density at radius 3 is 2.27 bits per heavy atom. The van der Waals surface area contributed by atoms with Gasteiger partial charge in [-0.2, -0.15) is 0 Å². The van der Waals surface area contributed by atoms with E-state index in [0.717, 1.165) is 17.4 Å². The van der Waals surface area contributed by atoms with Crippen LogP contribution in [0.5, 0.6) is 0 Å². The van der Waals surface area contributed by atoms with Crippen LogP contribution in [0.25, 0.3) is 0 Å². The fourth-order valence-electron chi connectivity index (χ4n) is 1.49. The van der Waals surface area contributed by atoms with Gasteiger partial charge in [0.05, 0.1) is 0 Å². The van der Waals surface area contributed by atoms with Crippen LogP contribution >= 0.6 is 0 Å². The molecule has 1 rings (SSSR count). The molecule has 2 nitrogen and oxygen atoms in total. The minimum absolute atomic E-state index is 0.0907. The molecule has 0 radical (unpaired) electrons. The second-order valence-electron chi connectivity index (χ2n) is 4.89. The van der Waals surface area contributed by atoms with Gasteiger partial charge in [-0.1, -0.05) is 0 Å². The zero-order valence-corrected chi connectivity index (χ0v) is 10.2. The average Bonchev–Trinajstić information content (AvgIpc) is 2.15. The SMILES string of the molecule is Cc1cc(C=O)ccc1N(C)C(C)(C)C. The van der Waals surface area contributed by atoms with Gasteiger partial charge in [-0.15, -0.1) is 0 Å². The molecule has 0 bridgehead atoms. The lowest BCUT2D eigenvalue weighted by atomic mass is 10.0. The van der Waals surface area contributed by atoms with E-state index in [-0.39, 0.29) is 5.54 Å². The maximum Gasteiger partial charge on any atom is 0.150 e. The Labute approximate surface area is 91.9 Å². The summed E-state index contributed by atoms with van der Waals surface area (Å²) in [5.41, 5.74) is 3.14. The van der Waals surface area contributed by atoms with E-state index in [1.807, 2.05) is 25.1 Å². The number of benzene rings is 1. The van der Waals surface area contributed by atoms with Gasteiger partial charge in [-0.25, -0.2) is 0 Å². The van der Waals surface area contributed by atoms with E-state index in [0.29, 0.717) is 0 Å². The molecule has 0 aliphatic carbocycles. The van der Waals surface area contributed by atoms with Gasteiger partial charge in [-0.3, -0.25) is 4.79 Å². The Hall–Kier alpha value is -1.31. The Morgan fingerprint density at radius 2 is 1.87 bits per heavy atom. The highest BCUT2D eigenvalue weighted by atomic mass is 16.1. The minimum atomic E-state index is 0.0907. The molecular formula is C13H19NO. The van der Waals surface area contributed by atoms with Crippen LogP contribution in [0, 0.1) is 6.92 Å². The van der Waals surface area contributed by atoms with Crippen molar-refractivity contribution in [1.82, 2.24) is 0 Å². The third-order valence-electron chi connectivity index (χ3n) is 2.72. The van der Waals surface area contributed by atoms with E-state index in [2.05, 4.69) is 32.7 Å². The predicted octanol–water partition coefficient (Wildman–Crippen LogP) is 3.04. The highest BCUT2D eigenvalue weighted by molar-refractivity contribution is 5.77. The quantitative estimate of drug-likeness (QED) is 0.692. The van der Waals surface area contributed by atoms with Crippen molar-refractivity contribution < 1.29 is 4.79 Å². The van der Waals surface area contributed by atoms with E-state index in [4.69, 9.17) is 0 Å². The van der Waals surface area contributed by atoms with Crippen molar-refractivity contribution in [1.29, 1.82) is 0 Å². The molecule has 0 N–H and O–H groups in total. The van der Waals surface area contributed by atoms with Crippen LogP contribution in [-0.4, -0.2) is 18.9 Å². The van der Waals surface area contributed by atoms with E-state index in [1.54, 1.807) is 0 Å². The third kappa shape index (κ3) is 2.58. The second-order valence-corrected chi connectivity index (χ2v) is 4.89. The first kappa shape index (κ1) is 11.8. The normalized spacial score (nSPS) is 11.3. The molecule has 1 aromatic carbocycles. The lowest BCUT2D eigenvalue weighted by Crippen LogP contribution is -2.38. The maximum atomic E-state index is 10.6. The lowest BCUT2D eigenvalue weighted by Gasteiger charge is -2.35. The minimum Gasteiger partial charge on any atom is -0.370 e. The predicted molar refractivity (Wildman–Crippen MR) is 64.7 cm³/mol. The number of carbonyl (C=O) groups excluding carboxylic acids is 1. The zero-order chi connectivity index (χ0) is 11.6. The van der Waals surface area contributed by atoms with E-state index in [9.17, 15) is 4.79 Å². The lowest BCUT2D eigenvalue weighted by molar-refractivity contribution is 0.112. The maximum absolute atomic E-state index is 10.6. The molecule has 2 heteroatoms. The van der Waals surface area contributed by atoms with Gasteiger partial charge >= 0.3 is 0 Å². The highest BCUT2D eigenvalue weighted by Crippen LogP contribution is 2.25. The summed E-state index contributed by atoms with van der Waals surface area (Å²) in [7, 11) is 2.07. The van der Waals surface area contributed by atoms with Crippen LogP contribution in [0.15, 0.2) is 18.2 Å². The molecule has 0 heterocycles. The first-order valence-electron chi connectivity index (χ1n) is 5.16. The number of aldehydes is 1. The number of nitrogens with zero attached hydrogens (tertiary/aromatic N) is 1. The van der Waals surface area contributed by atoms with Crippen LogP contribution in [0.2, 0.25) is 0 Å². The summed E-state index contributed by atoms with van der Waals surface area (Å²) in [4.78, 5) is 12.8. The van der Waals surface area contributed by atoms with Crippen molar-refractivity contribution in [2.45, 2.75) is 33.2 Å². The van der Waals surface area contributed by atoms with Gasteiger partial charge in [0, 0.05) is 23.8 Å². The highest BCUT2D eigenvalue weighted by Gasteiger charge is 2.18. The molecule has 0 aliphatic rings. The van der Waals surface area contributed by atoms with E-state index in [1.165, 1.54) is 5.69 Å². The number of aryl methyl sites for hydroxylation is 1. The fraction of sp³-hybridized carbons (Fsp3) is 0.462. The number of carbonyl (C=O) groups is 1. The Balaban J connectivity index is 3.11. The van der Waals surface area contributed by atoms with Crippen LogP contribution < -0.4 is 4.90 Å². The Morgan fingerprint density at radius 1 is 1.27 bits per heavy atom. The molecule has 0 fully saturated rings. The first-order valence-corrected chi connectivity index (χ1v) is 5.16. The average molecular weight is 205 g/mol. The summed E-state index contributed by atoms with van der Waals surface area (Å²) in [6.45, 7) is 8.53. The van der Waals surface area contributed by atoms with E-state index < -0.39 is 0 Å². The van der Waals surface area contributed by atoms with Crippen LogP contribution in [0.1, 0.15) is 36.7 Å². The summed E-state index contributed by atoms with van der Waals surface area (Å²) >= 11 is 0. The van der Waals surface area contributed by atoms with Gasteiger partial charge in [0.15, 0.2) is 0 Å². The number of hydrogen-bond donors (Lipinski definition) is 0. The van der Waals surface area contributed by atoms with Crippen LogP contribution in [-0.2, 0) is 0 Å². The van der Waals surface area contributed by atoms with Crippen molar-refractivity contribution in [3.05, 3.63) is 29.3 Å². The smallest absolute Gasteiger partial charge is 0.150 e. The summed E-state index contributed by atoms with van der Waals surface area (Å²) in [5, 5.41) is 0. The molecule has 0 spiro atoms.